The van der Waals surface area contributed by atoms with Gasteiger partial charge in [-0.1, -0.05) is 24.3 Å². The van der Waals surface area contributed by atoms with Crippen LogP contribution in [-0.2, 0) is 4.79 Å². The molecule has 5 heteroatoms. The van der Waals surface area contributed by atoms with E-state index in [2.05, 4.69) is 0 Å². The first-order chi connectivity index (χ1) is 10.5. The molecular formula is C17H13NO4. The number of phenolic OH excluding ortho intramolecular Hbond substituents is 1. The molecule has 0 aromatic heterocycles. The first-order valence-electron chi connectivity index (χ1n) is 6.48. The SMILES string of the molecule is O=C(C=Cc1ccc(O)cc1)C=Cc1ccc([N+](=O)[O-])cc1. The van der Waals surface area contributed by atoms with E-state index in [1.807, 2.05) is 0 Å². The summed E-state index contributed by atoms with van der Waals surface area (Å²) in [5.74, 6) is -0.0343. The number of phenols is 1. The lowest BCUT2D eigenvalue weighted by molar-refractivity contribution is -0.384. The highest BCUT2D eigenvalue weighted by Crippen LogP contribution is 2.13. The number of carbonyl (C=O) groups is 1. The van der Waals surface area contributed by atoms with Gasteiger partial charge in [-0.2, -0.15) is 0 Å². The quantitative estimate of drug-likeness (QED) is 0.519. The Hall–Kier alpha value is -3.21. The smallest absolute Gasteiger partial charge is 0.269 e. The van der Waals surface area contributed by atoms with E-state index in [0.717, 1.165) is 5.56 Å². The molecule has 22 heavy (non-hydrogen) atoms. The van der Waals surface area contributed by atoms with E-state index in [0.29, 0.717) is 5.56 Å². The maximum atomic E-state index is 11.7. The average Bonchev–Trinajstić information content (AvgIpc) is 2.52. The van der Waals surface area contributed by atoms with Crippen molar-refractivity contribution in [3.05, 3.63) is 81.9 Å². The number of non-ortho nitro benzene ring substituents is 1. The van der Waals surface area contributed by atoms with Crippen molar-refractivity contribution in [1.29, 1.82) is 0 Å². The molecule has 5 nitrogen and oxygen atoms in total. The van der Waals surface area contributed by atoms with E-state index in [9.17, 15) is 14.9 Å². The predicted molar refractivity (Wildman–Crippen MR) is 84.3 cm³/mol. The molecule has 0 fully saturated rings. The fraction of sp³-hybridized carbons (Fsp3) is 0. The largest absolute Gasteiger partial charge is 0.508 e. The molecule has 0 amide bonds. The standard InChI is InChI=1S/C17H13NO4/c19-16(10-4-14-5-11-17(20)12-6-14)9-3-13-1-7-15(8-2-13)18(21)22/h1-12,20H. The molecule has 0 spiro atoms. The third-order valence-corrected chi connectivity index (χ3v) is 2.88. The monoisotopic (exact) mass is 295 g/mol. The van der Waals surface area contributed by atoms with Gasteiger partial charge in [0.15, 0.2) is 5.78 Å². The lowest BCUT2D eigenvalue weighted by atomic mass is 10.1. The molecule has 0 saturated carbocycles. The molecule has 0 radical (unpaired) electrons. The molecule has 0 bridgehead atoms. The maximum absolute atomic E-state index is 11.7. The highest BCUT2D eigenvalue weighted by molar-refractivity contribution is 6.04. The molecule has 0 aliphatic carbocycles. The Morgan fingerprint density at radius 3 is 1.82 bits per heavy atom. The van der Waals surface area contributed by atoms with Crippen molar-refractivity contribution in [3.8, 4) is 5.75 Å². The van der Waals surface area contributed by atoms with Gasteiger partial charge in [-0.3, -0.25) is 14.9 Å². The third kappa shape index (κ3) is 4.42. The second-order valence-electron chi connectivity index (χ2n) is 4.51. The minimum absolute atomic E-state index is 0.00991. The second-order valence-corrected chi connectivity index (χ2v) is 4.51. The predicted octanol–water partition coefficient (Wildman–Crippen LogP) is 3.60. The summed E-state index contributed by atoms with van der Waals surface area (Å²) in [7, 11) is 0. The van der Waals surface area contributed by atoms with Gasteiger partial charge < -0.3 is 5.11 Å². The summed E-state index contributed by atoms with van der Waals surface area (Å²) in [5.41, 5.74) is 1.52. The Morgan fingerprint density at radius 1 is 0.909 bits per heavy atom. The molecule has 110 valence electrons. The maximum Gasteiger partial charge on any atom is 0.269 e. The van der Waals surface area contributed by atoms with Crippen molar-refractivity contribution in [3.63, 3.8) is 0 Å². The number of nitrogens with zero attached hydrogens (tertiary/aromatic N) is 1. The van der Waals surface area contributed by atoms with Crippen LogP contribution >= 0.6 is 0 Å². The molecule has 0 heterocycles. The molecule has 0 unspecified atom stereocenters. The molecule has 1 N–H and O–H groups in total. The number of hydrogen-bond donors (Lipinski definition) is 1. The summed E-state index contributed by atoms with van der Waals surface area (Å²) in [5, 5.41) is 19.7. The third-order valence-electron chi connectivity index (χ3n) is 2.88. The van der Waals surface area contributed by atoms with Crippen LogP contribution in [0.5, 0.6) is 5.75 Å². The summed E-state index contributed by atoms with van der Waals surface area (Å²) in [6, 6.07) is 12.4. The van der Waals surface area contributed by atoms with Crippen LogP contribution in [0.15, 0.2) is 60.7 Å². The zero-order chi connectivity index (χ0) is 15.9. The summed E-state index contributed by atoms with van der Waals surface area (Å²) in [6.07, 6.45) is 6.03. The van der Waals surface area contributed by atoms with E-state index in [4.69, 9.17) is 5.11 Å². The lowest BCUT2D eigenvalue weighted by Gasteiger charge is -1.94. The van der Waals surface area contributed by atoms with Gasteiger partial charge in [0.1, 0.15) is 5.75 Å². The van der Waals surface area contributed by atoms with Crippen molar-refractivity contribution in [2.75, 3.05) is 0 Å². The minimum Gasteiger partial charge on any atom is -0.508 e. The van der Waals surface area contributed by atoms with Gasteiger partial charge >= 0.3 is 0 Å². The first-order valence-corrected chi connectivity index (χ1v) is 6.48. The number of aromatic hydroxyl groups is 1. The highest BCUT2D eigenvalue weighted by Gasteiger charge is 2.02. The zero-order valence-electron chi connectivity index (χ0n) is 11.5. The molecule has 2 aromatic carbocycles. The molecule has 0 aliphatic rings. The second kappa shape index (κ2) is 6.99. The summed E-state index contributed by atoms with van der Waals surface area (Å²) in [6.45, 7) is 0. The Kier molecular flexibility index (Phi) is 4.82. The topological polar surface area (TPSA) is 80.4 Å². The summed E-state index contributed by atoms with van der Waals surface area (Å²) >= 11 is 0. The van der Waals surface area contributed by atoms with Gasteiger partial charge in [-0.05, 0) is 47.5 Å². The molecule has 0 saturated heterocycles. The number of rotatable bonds is 5. The highest BCUT2D eigenvalue weighted by atomic mass is 16.6. The van der Waals surface area contributed by atoms with Crippen LogP contribution in [0.25, 0.3) is 12.2 Å². The minimum atomic E-state index is -0.473. The van der Waals surface area contributed by atoms with Crippen LogP contribution in [0.4, 0.5) is 5.69 Å². The van der Waals surface area contributed by atoms with E-state index in [-0.39, 0.29) is 17.2 Å². The number of carbonyl (C=O) groups excluding carboxylic acids is 1. The number of nitro benzene ring substituents is 1. The van der Waals surface area contributed by atoms with Gasteiger partial charge in [-0.15, -0.1) is 0 Å². The van der Waals surface area contributed by atoms with Gasteiger partial charge in [0.05, 0.1) is 4.92 Å². The van der Waals surface area contributed by atoms with Crippen LogP contribution in [0.3, 0.4) is 0 Å². The van der Waals surface area contributed by atoms with Crippen LogP contribution in [-0.4, -0.2) is 15.8 Å². The average molecular weight is 295 g/mol. The fourth-order valence-electron chi connectivity index (χ4n) is 1.70. The number of allylic oxidation sites excluding steroid dienone is 2. The van der Waals surface area contributed by atoms with Gasteiger partial charge in [0.25, 0.3) is 5.69 Å². The fourth-order valence-corrected chi connectivity index (χ4v) is 1.70. The number of benzene rings is 2. The van der Waals surface area contributed by atoms with E-state index >= 15 is 0 Å². The van der Waals surface area contributed by atoms with Crippen molar-refractivity contribution in [2.24, 2.45) is 0 Å². The van der Waals surface area contributed by atoms with Crippen LogP contribution < -0.4 is 0 Å². The Labute approximate surface area is 127 Å². The summed E-state index contributed by atoms with van der Waals surface area (Å²) < 4.78 is 0. The van der Waals surface area contributed by atoms with Gasteiger partial charge in [-0.25, -0.2) is 0 Å². The Morgan fingerprint density at radius 2 is 1.36 bits per heavy atom. The normalized spacial score (nSPS) is 11.1. The van der Waals surface area contributed by atoms with Crippen molar-refractivity contribution in [1.82, 2.24) is 0 Å². The Balaban J connectivity index is 1.98. The molecule has 2 rings (SSSR count). The van der Waals surface area contributed by atoms with Crippen LogP contribution in [0.1, 0.15) is 11.1 Å². The Bertz CT molecular complexity index is 728. The van der Waals surface area contributed by atoms with E-state index in [1.54, 1.807) is 36.4 Å². The zero-order valence-corrected chi connectivity index (χ0v) is 11.5. The van der Waals surface area contributed by atoms with E-state index < -0.39 is 4.92 Å². The molecular weight excluding hydrogens is 282 g/mol. The lowest BCUT2D eigenvalue weighted by Crippen LogP contribution is -1.87. The van der Waals surface area contributed by atoms with Crippen molar-refractivity contribution < 1.29 is 14.8 Å². The van der Waals surface area contributed by atoms with Gasteiger partial charge in [0.2, 0.25) is 0 Å². The van der Waals surface area contributed by atoms with E-state index in [1.165, 1.54) is 36.4 Å². The molecule has 0 aliphatic heterocycles. The van der Waals surface area contributed by atoms with Crippen molar-refractivity contribution >= 4 is 23.6 Å². The van der Waals surface area contributed by atoms with Gasteiger partial charge in [0, 0.05) is 12.1 Å². The van der Waals surface area contributed by atoms with Crippen molar-refractivity contribution in [2.45, 2.75) is 0 Å². The number of nitro groups is 1. The number of hydrogen-bond acceptors (Lipinski definition) is 4. The summed E-state index contributed by atoms with van der Waals surface area (Å²) in [4.78, 5) is 21.8. The van der Waals surface area contributed by atoms with Crippen LogP contribution in [0.2, 0.25) is 0 Å². The first kappa shape index (κ1) is 15.2. The van der Waals surface area contributed by atoms with Crippen LogP contribution in [0, 0.1) is 10.1 Å². The number of ketones is 1. The molecule has 2 aromatic rings. The molecule has 0 atom stereocenters.